The average molecular weight is 222 g/mol. The fourth-order valence-electron chi connectivity index (χ4n) is 2.04. The largest absolute Gasteiger partial charge is 0.358 e. The first kappa shape index (κ1) is 11.1. The predicted molar refractivity (Wildman–Crippen MR) is 59.4 cm³/mol. The number of hydrogen-bond donors (Lipinski definition) is 1. The molecule has 2 rings (SSSR count). The Bertz CT molecular complexity index is 406. The number of rotatable bonds is 2. The number of halogens is 1. The smallest absolute Gasteiger partial charge is 0.233 e. The second-order valence-corrected chi connectivity index (χ2v) is 4.01. The quantitative estimate of drug-likeness (QED) is 0.807. The van der Waals surface area contributed by atoms with Gasteiger partial charge < -0.3 is 5.32 Å². The summed E-state index contributed by atoms with van der Waals surface area (Å²) in [7, 11) is 1.62. The molecule has 1 aromatic rings. The van der Waals surface area contributed by atoms with Gasteiger partial charge in [0, 0.05) is 20.1 Å². The number of hydrogen-bond acceptors (Lipinski definition) is 2. The molecule has 0 saturated heterocycles. The molecule has 0 radical (unpaired) electrons. The summed E-state index contributed by atoms with van der Waals surface area (Å²) in [5.74, 6) is -0.128. The third-order valence-corrected chi connectivity index (χ3v) is 2.93. The number of carbonyl (C=O) groups excluding carboxylic acids is 1. The van der Waals surface area contributed by atoms with Gasteiger partial charge in [-0.15, -0.1) is 0 Å². The molecule has 0 bridgehead atoms. The first-order chi connectivity index (χ1) is 7.70. The summed E-state index contributed by atoms with van der Waals surface area (Å²) in [4.78, 5) is 13.3. The van der Waals surface area contributed by atoms with E-state index in [9.17, 15) is 9.18 Å². The van der Waals surface area contributed by atoms with Gasteiger partial charge in [-0.3, -0.25) is 9.69 Å². The molecule has 1 aliphatic rings. The predicted octanol–water partition coefficient (Wildman–Crippen LogP) is 0.930. The molecule has 1 aromatic carbocycles. The zero-order valence-electron chi connectivity index (χ0n) is 9.29. The van der Waals surface area contributed by atoms with E-state index in [1.165, 1.54) is 6.07 Å². The Kier molecular flexibility index (Phi) is 3.19. The minimum Gasteiger partial charge on any atom is -0.358 e. The monoisotopic (exact) mass is 222 g/mol. The molecule has 0 atom stereocenters. The van der Waals surface area contributed by atoms with Crippen LogP contribution >= 0.6 is 0 Å². The van der Waals surface area contributed by atoms with Crippen LogP contribution in [-0.2, 0) is 17.8 Å². The summed E-state index contributed by atoms with van der Waals surface area (Å²) in [5.41, 5.74) is 1.80. The molecule has 0 fully saturated rings. The summed E-state index contributed by atoms with van der Waals surface area (Å²) in [5, 5.41) is 2.59. The number of amides is 1. The van der Waals surface area contributed by atoms with Crippen LogP contribution in [0.4, 0.5) is 4.39 Å². The summed E-state index contributed by atoms with van der Waals surface area (Å²) in [6.45, 7) is 1.77. The lowest BCUT2D eigenvalue weighted by Crippen LogP contribution is -2.38. The van der Waals surface area contributed by atoms with Crippen LogP contribution in [0.1, 0.15) is 11.1 Å². The van der Waals surface area contributed by atoms with Crippen LogP contribution in [0, 0.1) is 5.82 Å². The summed E-state index contributed by atoms with van der Waals surface area (Å²) in [6.07, 6.45) is 0.680. The highest BCUT2D eigenvalue weighted by Crippen LogP contribution is 2.21. The highest BCUT2D eigenvalue weighted by Gasteiger charge is 2.19. The van der Waals surface area contributed by atoms with Gasteiger partial charge in [0.2, 0.25) is 5.91 Å². The lowest BCUT2D eigenvalue weighted by Gasteiger charge is -2.28. The number of fused-ring (bicyclic) bond motifs is 1. The van der Waals surface area contributed by atoms with Crippen molar-refractivity contribution in [3.63, 3.8) is 0 Å². The number of carbonyl (C=O) groups is 1. The van der Waals surface area contributed by atoms with E-state index in [2.05, 4.69) is 5.32 Å². The maximum Gasteiger partial charge on any atom is 0.233 e. The molecule has 86 valence electrons. The Morgan fingerprint density at radius 3 is 3.12 bits per heavy atom. The number of nitrogens with zero attached hydrogens (tertiary/aromatic N) is 1. The molecule has 0 spiro atoms. The Balaban J connectivity index is 2.09. The van der Waals surface area contributed by atoms with Crippen LogP contribution in [-0.4, -0.2) is 30.9 Å². The Morgan fingerprint density at radius 2 is 2.38 bits per heavy atom. The molecule has 1 aliphatic heterocycles. The van der Waals surface area contributed by atoms with Crippen LogP contribution in [0.15, 0.2) is 18.2 Å². The zero-order chi connectivity index (χ0) is 11.5. The molecule has 16 heavy (non-hydrogen) atoms. The zero-order valence-corrected chi connectivity index (χ0v) is 9.29. The van der Waals surface area contributed by atoms with Crippen molar-refractivity contribution in [2.75, 3.05) is 20.1 Å². The van der Waals surface area contributed by atoms with Crippen molar-refractivity contribution in [2.24, 2.45) is 0 Å². The molecule has 0 aliphatic carbocycles. The molecule has 0 aromatic heterocycles. The molecular formula is C12H15FN2O. The van der Waals surface area contributed by atoms with Crippen molar-refractivity contribution in [1.82, 2.24) is 10.2 Å². The van der Waals surface area contributed by atoms with Crippen molar-refractivity contribution in [2.45, 2.75) is 13.0 Å². The topological polar surface area (TPSA) is 32.3 Å². The first-order valence-corrected chi connectivity index (χ1v) is 5.40. The van der Waals surface area contributed by atoms with Gasteiger partial charge in [-0.05, 0) is 23.6 Å². The minimum absolute atomic E-state index is 0.000136. The van der Waals surface area contributed by atoms with E-state index in [0.29, 0.717) is 19.5 Å². The van der Waals surface area contributed by atoms with Crippen molar-refractivity contribution in [3.05, 3.63) is 35.1 Å². The van der Waals surface area contributed by atoms with Crippen LogP contribution in [0.5, 0.6) is 0 Å². The maximum atomic E-state index is 13.4. The maximum absolute atomic E-state index is 13.4. The Morgan fingerprint density at radius 1 is 1.56 bits per heavy atom. The normalized spacial score (nSPS) is 15.6. The third kappa shape index (κ3) is 2.22. The van der Waals surface area contributed by atoms with Gasteiger partial charge in [0.25, 0.3) is 0 Å². The standard InChI is InChI=1S/C12H15FN2O/c1-14-12(16)8-15-6-5-10-9(7-15)3-2-4-11(10)13/h2-4H,5-8H2,1H3,(H,14,16). The summed E-state index contributed by atoms with van der Waals surface area (Å²) in [6, 6.07) is 5.14. The van der Waals surface area contributed by atoms with E-state index in [4.69, 9.17) is 0 Å². The second kappa shape index (κ2) is 4.61. The average Bonchev–Trinajstić information content (AvgIpc) is 2.29. The van der Waals surface area contributed by atoms with Crippen molar-refractivity contribution in [1.29, 1.82) is 0 Å². The fraction of sp³-hybridized carbons (Fsp3) is 0.417. The van der Waals surface area contributed by atoms with Gasteiger partial charge in [-0.25, -0.2) is 4.39 Å². The molecule has 1 N–H and O–H groups in total. The van der Waals surface area contributed by atoms with Crippen molar-refractivity contribution >= 4 is 5.91 Å². The highest BCUT2D eigenvalue weighted by molar-refractivity contribution is 5.77. The molecule has 3 nitrogen and oxygen atoms in total. The van der Waals surface area contributed by atoms with E-state index in [-0.39, 0.29) is 11.7 Å². The number of nitrogens with one attached hydrogen (secondary N) is 1. The van der Waals surface area contributed by atoms with E-state index < -0.39 is 0 Å². The van der Waals surface area contributed by atoms with Crippen molar-refractivity contribution in [3.8, 4) is 0 Å². The van der Waals surface area contributed by atoms with Crippen LogP contribution in [0.25, 0.3) is 0 Å². The fourth-order valence-corrected chi connectivity index (χ4v) is 2.04. The molecule has 4 heteroatoms. The van der Waals surface area contributed by atoms with Crippen LogP contribution in [0.3, 0.4) is 0 Å². The van der Waals surface area contributed by atoms with Gasteiger partial charge in [-0.2, -0.15) is 0 Å². The molecule has 0 unspecified atom stereocenters. The third-order valence-electron chi connectivity index (χ3n) is 2.93. The highest BCUT2D eigenvalue weighted by atomic mass is 19.1. The van der Waals surface area contributed by atoms with Gasteiger partial charge in [0.15, 0.2) is 0 Å². The SMILES string of the molecule is CNC(=O)CN1CCc2c(F)cccc2C1. The van der Waals surface area contributed by atoms with Crippen LogP contribution < -0.4 is 5.32 Å². The summed E-state index contributed by atoms with van der Waals surface area (Å²) < 4.78 is 13.4. The van der Waals surface area contributed by atoms with Crippen molar-refractivity contribution < 1.29 is 9.18 Å². The lowest BCUT2D eigenvalue weighted by molar-refractivity contribution is -0.121. The van der Waals surface area contributed by atoms with E-state index in [1.807, 2.05) is 11.0 Å². The molecule has 1 amide bonds. The Labute approximate surface area is 94.3 Å². The van der Waals surface area contributed by atoms with Gasteiger partial charge in [-0.1, -0.05) is 12.1 Å². The number of likely N-dealkylation sites (N-methyl/N-ethyl adjacent to an activating group) is 1. The van der Waals surface area contributed by atoms with E-state index in [1.54, 1.807) is 13.1 Å². The van der Waals surface area contributed by atoms with Crippen LogP contribution in [0.2, 0.25) is 0 Å². The molecular weight excluding hydrogens is 207 g/mol. The number of benzene rings is 1. The summed E-state index contributed by atoms with van der Waals surface area (Å²) >= 11 is 0. The molecule has 0 saturated carbocycles. The minimum atomic E-state index is -0.128. The Hall–Kier alpha value is -1.42. The molecule has 1 heterocycles. The second-order valence-electron chi connectivity index (χ2n) is 4.01. The van der Waals surface area contributed by atoms with Gasteiger partial charge >= 0.3 is 0 Å². The van der Waals surface area contributed by atoms with E-state index >= 15 is 0 Å². The van der Waals surface area contributed by atoms with Gasteiger partial charge in [0.05, 0.1) is 6.54 Å². The van der Waals surface area contributed by atoms with E-state index in [0.717, 1.165) is 17.7 Å². The first-order valence-electron chi connectivity index (χ1n) is 5.40. The lowest BCUT2D eigenvalue weighted by atomic mass is 9.99. The van der Waals surface area contributed by atoms with Gasteiger partial charge in [0.1, 0.15) is 5.82 Å².